The van der Waals surface area contributed by atoms with Crippen LogP contribution >= 0.6 is 0 Å². The number of amides is 1. The number of hydrogen-bond acceptors (Lipinski definition) is 5. The Morgan fingerprint density at radius 2 is 1.48 bits per heavy atom. The molecule has 2 aromatic rings. The zero-order valence-electron chi connectivity index (χ0n) is 19.3. The monoisotopic (exact) mass is 419 g/mol. The summed E-state index contributed by atoms with van der Waals surface area (Å²) in [7, 11) is 4.35. The first-order chi connectivity index (χ1) is 14.9. The summed E-state index contributed by atoms with van der Waals surface area (Å²) < 4.78 is 0. The van der Waals surface area contributed by atoms with Crippen molar-refractivity contribution in [3.8, 4) is 0 Å². The van der Waals surface area contributed by atoms with Gasteiger partial charge < -0.3 is 15.1 Å². The number of carbonyl (C=O) groups excluding carboxylic acids is 1. The number of rotatable bonds is 3. The van der Waals surface area contributed by atoms with Crippen LogP contribution in [0.4, 0.5) is 17.1 Å². The molecule has 0 spiro atoms. The van der Waals surface area contributed by atoms with Gasteiger partial charge in [0.2, 0.25) is 5.91 Å². The van der Waals surface area contributed by atoms with Crippen LogP contribution in [0.25, 0.3) is 0 Å². The van der Waals surface area contributed by atoms with Crippen molar-refractivity contribution in [2.45, 2.75) is 39.3 Å². The van der Waals surface area contributed by atoms with Crippen molar-refractivity contribution >= 4 is 23.0 Å². The fourth-order valence-corrected chi connectivity index (χ4v) is 5.79. The summed E-state index contributed by atoms with van der Waals surface area (Å²) in [5, 5.41) is 3.19. The topological polar surface area (TPSA) is 42.1 Å². The second kappa shape index (κ2) is 7.24. The molecule has 0 fully saturated rings. The second-order valence-electron chi connectivity index (χ2n) is 9.42. The molecule has 3 aliphatic rings. The largest absolute Gasteiger partial charge is 0.358 e. The van der Waals surface area contributed by atoms with Gasteiger partial charge in [-0.25, -0.2) is 0 Å². The molecule has 0 radical (unpaired) electrons. The Bertz CT molecular complexity index is 1010. The molecule has 0 bridgehead atoms. The van der Waals surface area contributed by atoms with Gasteiger partial charge in [-0.05, 0) is 63.7 Å². The van der Waals surface area contributed by atoms with E-state index in [2.05, 4.69) is 78.0 Å². The van der Waals surface area contributed by atoms with Crippen molar-refractivity contribution in [3.05, 3.63) is 52.6 Å². The number of anilines is 3. The highest BCUT2D eigenvalue weighted by Gasteiger charge is 2.49. The highest BCUT2D eigenvalue weighted by Crippen LogP contribution is 2.53. The molecule has 6 nitrogen and oxygen atoms in total. The minimum absolute atomic E-state index is 0.0780. The van der Waals surface area contributed by atoms with Crippen molar-refractivity contribution in [2.75, 3.05) is 55.6 Å². The van der Waals surface area contributed by atoms with Crippen LogP contribution in [0, 0.1) is 0 Å². The van der Waals surface area contributed by atoms with Gasteiger partial charge in [-0.3, -0.25) is 14.6 Å². The molecular formula is C25H33N5O. The van der Waals surface area contributed by atoms with E-state index >= 15 is 0 Å². The average Bonchev–Trinajstić information content (AvgIpc) is 3.01. The number of hydrogen-bond donors (Lipinski definition) is 1. The lowest BCUT2D eigenvalue weighted by Gasteiger charge is -2.46. The number of para-hydroxylation sites is 1. The minimum Gasteiger partial charge on any atom is -0.358 e. The van der Waals surface area contributed by atoms with E-state index in [9.17, 15) is 4.79 Å². The highest BCUT2D eigenvalue weighted by atomic mass is 16.2. The molecular weight excluding hydrogens is 386 g/mol. The lowest BCUT2D eigenvalue weighted by Crippen LogP contribution is -2.47. The molecule has 2 aromatic carbocycles. The van der Waals surface area contributed by atoms with Crippen LogP contribution in [0.2, 0.25) is 0 Å². The van der Waals surface area contributed by atoms with Crippen LogP contribution in [-0.4, -0.2) is 56.2 Å². The number of nitrogens with zero attached hydrogens (tertiary/aromatic N) is 4. The van der Waals surface area contributed by atoms with Crippen molar-refractivity contribution < 1.29 is 4.79 Å². The SMILES string of the molecule is CCN1CN(C)Cc2cc3c(c(C4(C)C(=O)Nc5ccccc54)c21)N(CC)CN(C)C3. The zero-order chi connectivity index (χ0) is 21.9. The molecule has 5 rings (SSSR count). The summed E-state index contributed by atoms with van der Waals surface area (Å²) in [5.74, 6) is 0.0780. The third kappa shape index (κ3) is 2.88. The number of benzene rings is 2. The molecule has 3 aliphatic heterocycles. The normalized spacial score (nSPS) is 23.5. The van der Waals surface area contributed by atoms with Crippen molar-refractivity contribution in [3.63, 3.8) is 0 Å². The van der Waals surface area contributed by atoms with Gasteiger partial charge in [-0.15, -0.1) is 0 Å². The number of nitrogens with one attached hydrogen (secondary N) is 1. The van der Waals surface area contributed by atoms with Crippen LogP contribution in [0.3, 0.4) is 0 Å². The van der Waals surface area contributed by atoms with Gasteiger partial charge in [0.1, 0.15) is 5.41 Å². The van der Waals surface area contributed by atoms with Gasteiger partial charge in [-0.2, -0.15) is 0 Å². The lowest BCUT2D eigenvalue weighted by atomic mass is 9.73. The summed E-state index contributed by atoms with van der Waals surface area (Å²) in [6.45, 7) is 11.9. The Balaban J connectivity index is 1.87. The highest BCUT2D eigenvalue weighted by molar-refractivity contribution is 6.10. The first kappa shape index (κ1) is 20.3. The summed E-state index contributed by atoms with van der Waals surface area (Å²) in [5.41, 5.74) is 7.66. The molecule has 0 aliphatic carbocycles. The van der Waals surface area contributed by atoms with Gasteiger partial charge in [0.25, 0.3) is 0 Å². The first-order valence-electron chi connectivity index (χ1n) is 11.4. The molecule has 31 heavy (non-hydrogen) atoms. The van der Waals surface area contributed by atoms with E-state index in [1.54, 1.807) is 0 Å². The number of carbonyl (C=O) groups is 1. The Morgan fingerprint density at radius 3 is 2.03 bits per heavy atom. The van der Waals surface area contributed by atoms with Gasteiger partial charge in [0.15, 0.2) is 0 Å². The summed E-state index contributed by atoms with van der Waals surface area (Å²) in [4.78, 5) is 23.3. The predicted octanol–water partition coefficient (Wildman–Crippen LogP) is 3.40. The maximum atomic E-state index is 13.7. The third-order valence-corrected chi connectivity index (χ3v) is 7.20. The van der Waals surface area contributed by atoms with Crippen LogP contribution < -0.4 is 15.1 Å². The van der Waals surface area contributed by atoms with Gasteiger partial charge in [-0.1, -0.05) is 18.2 Å². The molecule has 1 N–H and O–H groups in total. The third-order valence-electron chi connectivity index (χ3n) is 7.20. The summed E-state index contributed by atoms with van der Waals surface area (Å²) >= 11 is 0. The molecule has 164 valence electrons. The summed E-state index contributed by atoms with van der Waals surface area (Å²) in [6, 6.07) is 10.6. The molecule has 0 saturated carbocycles. The molecule has 1 unspecified atom stereocenters. The van der Waals surface area contributed by atoms with Crippen LogP contribution in [-0.2, 0) is 23.3 Å². The van der Waals surface area contributed by atoms with Gasteiger partial charge in [0.05, 0.1) is 13.3 Å². The van der Waals surface area contributed by atoms with E-state index < -0.39 is 5.41 Å². The molecule has 3 heterocycles. The van der Waals surface area contributed by atoms with E-state index in [0.717, 1.165) is 50.8 Å². The van der Waals surface area contributed by atoms with Crippen molar-refractivity contribution in [1.29, 1.82) is 0 Å². The number of fused-ring (bicyclic) bond motifs is 3. The maximum Gasteiger partial charge on any atom is 0.239 e. The van der Waals surface area contributed by atoms with Gasteiger partial charge >= 0.3 is 0 Å². The van der Waals surface area contributed by atoms with E-state index in [0.29, 0.717) is 0 Å². The second-order valence-corrected chi connectivity index (χ2v) is 9.42. The first-order valence-corrected chi connectivity index (χ1v) is 11.4. The van der Waals surface area contributed by atoms with Crippen LogP contribution in [0.1, 0.15) is 43.0 Å². The van der Waals surface area contributed by atoms with E-state index in [-0.39, 0.29) is 5.91 Å². The molecule has 0 aromatic heterocycles. The Morgan fingerprint density at radius 1 is 0.935 bits per heavy atom. The van der Waals surface area contributed by atoms with Crippen molar-refractivity contribution in [2.24, 2.45) is 0 Å². The fourth-order valence-electron chi connectivity index (χ4n) is 5.79. The standard InChI is InChI=1S/C25H33N5O/c1-6-29-15-27(4)13-17-12-18-14-28(5)16-30(7-2)23(18)21(22(17)29)25(3)19-10-8-9-11-20(19)26-24(25)31/h8-12H,6-7,13-16H2,1-5H3,(H,26,31). The molecule has 1 atom stereocenters. The van der Waals surface area contributed by atoms with Gasteiger partial charge in [0, 0.05) is 48.8 Å². The van der Waals surface area contributed by atoms with E-state index in [1.807, 2.05) is 12.1 Å². The molecule has 1 amide bonds. The maximum absolute atomic E-state index is 13.7. The summed E-state index contributed by atoms with van der Waals surface area (Å²) in [6.07, 6.45) is 0. The van der Waals surface area contributed by atoms with Crippen molar-refractivity contribution in [1.82, 2.24) is 9.80 Å². The smallest absolute Gasteiger partial charge is 0.239 e. The molecule has 6 heteroatoms. The van der Waals surface area contributed by atoms with Crippen LogP contribution in [0.5, 0.6) is 0 Å². The minimum atomic E-state index is -0.724. The predicted molar refractivity (Wildman–Crippen MR) is 127 cm³/mol. The molecule has 0 saturated heterocycles. The Hall–Kier alpha value is -2.57. The Labute approximate surface area is 185 Å². The lowest BCUT2D eigenvalue weighted by molar-refractivity contribution is -0.119. The fraction of sp³-hybridized carbons (Fsp3) is 0.480. The average molecular weight is 420 g/mol. The quantitative estimate of drug-likeness (QED) is 0.826. The van der Waals surface area contributed by atoms with E-state index in [1.165, 1.54) is 28.1 Å². The van der Waals surface area contributed by atoms with E-state index in [4.69, 9.17) is 0 Å². The van der Waals surface area contributed by atoms with Crippen LogP contribution in [0.15, 0.2) is 30.3 Å². The zero-order valence-corrected chi connectivity index (χ0v) is 19.3. The Kier molecular flexibility index (Phi) is 4.75.